The number of hydrogen-bond acceptors (Lipinski definition) is 4. The Morgan fingerprint density at radius 1 is 1.47 bits per heavy atom. The summed E-state index contributed by atoms with van der Waals surface area (Å²) >= 11 is 3.03. The van der Waals surface area contributed by atoms with Gasteiger partial charge >= 0.3 is 6.18 Å². The van der Waals surface area contributed by atoms with Crippen LogP contribution in [0.4, 0.5) is 19.0 Å². The molecule has 0 bridgehead atoms. The molecule has 8 heteroatoms. The van der Waals surface area contributed by atoms with E-state index in [0.29, 0.717) is 4.60 Å². The molecule has 4 nitrogen and oxygen atoms in total. The summed E-state index contributed by atoms with van der Waals surface area (Å²) in [6.07, 6.45) is -5.85. The van der Waals surface area contributed by atoms with Crippen LogP contribution in [0.2, 0.25) is 0 Å². The van der Waals surface area contributed by atoms with E-state index >= 15 is 0 Å². The summed E-state index contributed by atoms with van der Waals surface area (Å²) in [5.41, 5.74) is 0. The topological polar surface area (TPSA) is 58.0 Å². The van der Waals surface area contributed by atoms with E-state index in [9.17, 15) is 13.2 Å². The second-order valence-corrected chi connectivity index (χ2v) is 3.48. The Morgan fingerprint density at radius 2 is 2.13 bits per heavy atom. The van der Waals surface area contributed by atoms with E-state index in [0.717, 1.165) is 0 Å². The molecule has 1 aromatic heterocycles. The number of aliphatic hydroxyl groups excluding tert-OH is 1. The van der Waals surface area contributed by atoms with Gasteiger partial charge in [-0.1, -0.05) is 0 Å². The van der Waals surface area contributed by atoms with E-state index in [1.807, 2.05) is 0 Å². The van der Waals surface area contributed by atoms with Crippen molar-refractivity contribution >= 4 is 21.7 Å². The third kappa shape index (κ3) is 4.00. The zero-order valence-electron chi connectivity index (χ0n) is 7.29. The minimum absolute atomic E-state index is 0.208. The van der Waals surface area contributed by atoms with Crippen LogP contribution < -0.4 is 5.32 Å². The third-order valence-electron chi connectivity index (χ3n) is 1.49. The van der Waals surface area contributed by atoms with Crippen LogP contribution in [0, 0.1) is 0 Å². The molecule has 1 aromatic rings. The first-order chi connectivity index (χ1) is 6.89. The maximum absolute atomic E-state index is 11.9. The van der Waals surface area contributed by atoms with Crippen LogP contribution in [0.15, 0.2) is 17.0 Å². The van der Waals surface area contributed by atoms with Crippen molar-refractivity contribution in [2.45, 2.75) is 12.3 Å². The molecule has 0 aliphatic carbocycles. The van der Waals surface area contributed by atoms with Crippen LogP contribution >= 0.6 is 15.9 Å². The second kappa shape index (κ2) is 4.75. The van der Waals surface area contributed by atoms with Gasteiger partial charge in [0.05, 0.1) is 6.54 Å². The average molecular weight is 286 g/mol. The monoisotopic (exact) mass is 285 g/mol. The summed E-state index contributed by atoms with van der Waals surface area (Å²) < 4.78 is 36.1. The van der Waals surface area contributed by atoms with E-state index in [2.05, 4.69) is 31.2 Å². The minimum atomic E-state index is -4.63. The van der Waals surface area contributed by atoms with Gasteiger partial charge in [-0.05, 0) is 15.9 Å². The highest BCUT2D eigenvalue weighted by Gasteiger charge is 2.37. The van der Waals surface area contributed by atoms with Crippen LogP contribution in [0.5, 0.6) is 0 Å². The molecule has 84 valence electrons. The Balaban J connectivity index is 2.51. The Hall–Kier alpha value is -0.890. The fraction of sp³-hybridized carbons (Fsp3) is 0.429. The highest BCUT2D eigenvalue weighted by Crippen LogP contribution is 2.20. The lowest BCUT2D eigenvalue weighted by Crippen LogP contribution is -2.35. The molecule has 1 heterocycles. The van der Waals surface area contributed by atoms with Gasteiger partial charge in [0.2, 0.25) is 0 Å². The summed E-state index contributed by atoms with van der Waals surface area (Å²) in [6, 6.07) is 1.41. The maximum atomic E-state index is 11.9. The van der Waals surface area contributed by atoms with Gasteiger partial charge in [-0.3, -0.25) is 0 Å². The lowest BCUT2D eigenvalue weighted by molar-refractivity contribution is -0.198. The quantitative estimate of drug-likeness (QED) is 0.828. The number of alkyl halides is 3. The van der Waals surface area contributed by atoms with Crippen molar-refractivity contribution in [3.8, 4) is 0 Å². The van der Waals surface area contributed by atoms with Gasteiger partial charge < -0.3 is 10.4 Å². The number of nitrogens with zero attached hydrogens (tertiary/aromatic N) is 2. The van der Waals surface area contributed by atoms with E-state index in [1.54, 1.807) is 0 Å². The number of hydrogen-bond donors (Lipinski definition) is 2. The molecule has 0 radical (unpaired) electrons. The van der Waals surface area contributed by atoms with E-state index < -0.39 is 18.8 Å². The number of aromatic nitrogens is 2. The molecule has 0 fully saturated rings. The molecule has 15 heavy (non-hydrogen) atoms. The molecule has 1 atom stereocenters. The maximum Gasteiger partial charge on any atom is 0.416 e. The summed E-state index contributed by atoms with van der Waals surface area (Å²) in [7, 11) is 0. The fourth-order valence-electron chi connectivity index (χ4n) is 0.747. The minimum Gasteiger partial charge on any atom is -0.382 e. The number of aliphatic hydroxyl groups is 1. The third-order valence-corrected chi connectivity index (χ3v) is 1.92. The van der Waals surface area contributed by atoms with Crippen LogP contribution in [-0.4, -0.2) is 33.9 Å². The number of halogens is 4. The molecule has 0 saturated heterocycles. The normalized spacial score (nSPS) is 13.7. The average Bonchev–Trinajstić information content (AvgIpc) is 2.12. The highest BCUT2D eigenvalue weighted by molar-refractivity contribution is 9.10. The van der Waals surface area contributed by atoms with Crippen LogP contribution in [0.3, 0.4) is 0 Å². The Labute approximate surface area is 91.7 Å². The van der Waals surface area contributed by atoms with E-state index in [4.69, 9.17) is 5.11 Å². The smallest absolute Gasteiger partial charge is 0.382 e. The van der Waals surface area contributed by atoms with E-state index in [-0.39, 0.29) is 5.82 Å². The van der Waals surface area contributed by atoms with Crippen molar-refractivity contribution in [2.24, 2.45) is 0 Å². The predicted octanol–water partition coefficient (Wildman–Crippen LogP) is 1.57. The van der Waals surface area contributed by atoms with Crippen molar-refractivity contribution in [1.82, 2.24) is 9.97 Å². The Bertz CT molecular complexity index is 334. The molecule has 1 unspecified atom stereocenters. The van der Waals surface area contributed by atoms with Gasteiger partial charge in [0.15, 0.2) is 6.10 Å². The zero-order valence-corrected chi connectivity index (χ0v) is 8.88. The SMILES string of the molecule is OC(CNc1cc(Br)ncn1)C(F)(F)F. The number of rotatable bonds is 3. The standard InChI is InChI=1S/C7H7BrF3N3O/c8-5-1-6(14-3-13-5)12-2-4(15)7(9,10)11/h1,3-4,15H,2H2,(H,12,13,14). The molecular weight excluding hydrogens is 279 g/mol. The van der Waals surface area contributed by atoms with Gasteiger partial charge in [-0.2, -0.15) is 13.2 Å². The summed E-state index contributed by atoms with van der Waals surface area (Å²) in [4.78, 5) is 7.36. The van der Waals surface area contributed by atoms with Gasteiger partial charge in [0, 0.05) is 6.07 Å². The summed E-state index contributed by atoms with van der Waals surface area (Å²) in [5, 5.41) is 11.0. The van der Waals surface area contributed by atoms with Crippen LogP contribution in [0.1, 0.15) is 0 Å². The van der Waals surface area contributed by atoms with Gasteiger partial charge in [-0.25, -0.2) is 9.97 Å². The van der Waals surface area contributed by atoms with E-state index in [1.165, 1.54) is 12.4 Å². The fourth-order valence-corrected chi connectivity index (χ4v) is 1.06. The van der Waals surface area contributed by atoms with Crippen molar-refractivity contribution < 1.29 is 18.3 Å². The molecule has 0 aliphatic heterocycles. The summed E-state index contributed by atoms with van der Waals surface area (Å²) in [5.74, 6) is 0.208. The second-order valence-electron chi connectivity index (χ2n) is 2.66. The first-order valence-corrected chi connectivity index (χ1v) is 4.65. The lowest BCUT2D eigenvalue weighted by Gasteiger charge is -2.15. The molecule has 1 rings (SSSR count). The van der Waals surface area contributed by atoms with Crippen molar-refractivity contribution in [3.63, 3.8) is 0 Å². The molecule has 0 saturated carbocycles. The number of anilines is 1. The number of nitrogens with one attached hydrogen (secondary N) is 1. The predicted molar refractivity (Wildman–Crippen MR) is 50.3 cm³/mol. The van der Waals surface area contributed by atoms with Crippen molar-refractivity contribution in [3.05, 3.63) is 17.0 Å². The van der Waals surface area contributed by atoms with Gasteiger partial charge in [0.1, 0.15) is 16.7 Å². The first kappa shape index (κ1) is 12.2. The lowest BCUT2D eigenvalue weighted by atomic mass is 10.3. The van der Waals surface area contributed by atoms with Crippen LogP contribution in [-0.2, 0) is 0 Å². The van der Waals surface area contributed by atoms with Crippen LogP contribution in [0.25, 0.3) is 0 Å². The molecule has 2 N–H and O–H groups in total. The van der Waals surface area contributed by atoms with Gasteiger partial charge in [0.25, 0.3) is 0 Å². The molecule has 0 aromatic carbocycles. The zero-order chi connectivity index (χ0) is 11.5. The molecule has 0 spiro atoms. The molecule has 0 amide bonds. The largest absolute Gasteiger partial charge is 0.416 e. The van der Waals surface area contributed by atoms with Gasteiger partial charge in [-0.15, -0.1) is 0 Å². The molecular formula is C7H7BrF3N3O. The Morgan fingerprint density at radius 3 is 2.67 bits per heavy atom. The first-order valence-electron chi connectivity index (χ1n) is 3.86. The van der Waals surface area contributed by atoms with Crippen molar-refractivity contribution in [1.29, 1.82) is 0 Å². The summed E-state index contributed by atoms with van der Waals surface area (Å²) in [6.45, 7) is -0.646. The molecule has 0 aliphatic rings. The Kier molecular flexibility index (Phi) is 3.86. The van der Waals surface area contributed by atoms with Crippen molar-refractivity contribution in [2.75, 3.05) is 11.9 Å². The highest BCUT2D eigenvalue weighted by atomic mass is 79.9.